The highest BCUT2D eigenvalue weighted by Crippen LogP contribution is 2.04. The van der Waals surface area contributed by atoms with Crippen LogP contribution in [0.3, 0.4) is 0 Å². The third-order valence-corrected chi connectivity index (χ3v) is 2.00. The molecule has 1 heterocycles. The van der Waals surface area contributed by atoms with Crippen LogP contribution in [0.4, 0.5) is 0 Å². The lowest BCUT2D eigenvalue weighted by atomic mass is 10.3. The molecule has 0 fully saturated rings. The molecule has 0 amide bonds. The Kier molecular flexibility index (Phi) is 2.09. The first-order valence-corrected chi connectivity index (χ1v) is 4.38. The Morgan fingerprint density at radius 1 is 1.33 bits per heavy atom. The van der Waals surface area contributed by atoms with E-state index in [1.165, 1.54) is 0 Å². The predicted molar refractivity (Wildman–Crippen MR) is 56.6 cm³/mol. The molecule has 0 radical (unpaired) electrons. The second kappa shape index (κ2) is 3.41. The van der Waals surface area contributed by atoms with Crippen molar-refractivity contribution in [3.8, 4) is 0 Å². The Balaban J connectivity index is 2.53. The average Bonchev–Trinajstić information content (AvgIpc) is 2.59. The molecular weight excluding hydrogens is 192 g/mol. The summed E-state index contributed by atoms with van der Waals surface area (Å²) < 4.78 is 1.68. The van der Waals surface area contributed by atoms with E-state index in [4.69, 9.17) is 16.9 Å². The van der Waals surface area contributed by atoms with Gasteiger partial charge in [0.15, 0.2) is 5.52 Å². The summed E-state index contributed by atoms with van der Waals surface area (Å²) in [5.74, 6) is 0.165. The monoisotopic (exact) mass is 204 g/mol. The summed E-state index contributed by atoms with van der Waals surface area (Å²) >= 11 is 0. The smallest absolute Gasteiger partial charge is 0.341 e. The Morgan fingerprint density at radius 2 is 2.07 bits per heavy atom. The number of aromatic amines is 1. The first kappa shape index (κ1) is 9.20. The van der Waals surface area contributed by atoms with E-state index in [-0.39, 0.29) is 11.9 Å². The Morgan fingerprint density at radius 3 is 2.80 bits per heavy atom. The number of H-pyrrole nitrogens is 1. The van der Waals surface area contributed by atoms with Crippen molar-refractivity contribution in [1.82, 2.24) is 4.98 Å². The van der Waals surface area contributed by atoms with E-state index in [1.54, 1.807) is 10.9 Å². The van der Waals surface area contributed by atoms with E-state index >= 15 is 0 Å². The number of nitrogens with zero attached hydrogens (tertiary/aromatic N) is 2. The first-order valence-electron chi connectivity index (χ1n) is 4.38. The molecule has 2 aromatic rings. The summed E-state index contributed by atoms with van der Waals surface area (Å²) in [7, 11) is 0. The number of nitrogens with two attached hydrogens (primary N) is 3. The van der Waals surface area contributed by atoms with Crippen molar-refractivity contribution < 1.29 is 9.98 Å². The van der Waals surface area contributed by atoms with Gasteiger partial charge in [0.2, 0.25) is 6.33 Å². The maximum Gasteiger partial charge on any atom is 0.583 e. The lowest BCUT2D eigenvalue weighted by Crippen LogP contribution is -2.58. The zero-order chi connectivity index (χ0) is 10.8. The normalized spacial score (nSPS) is 10.1. The van der Waals surface area contributed by atoms with Crippen molar-refractivity contribution >= 4 is 23.0 Å². The van der Waals surface area contributed by atoms with Gasteiger partial charge in [-0.25, -0.2) is 5.41 Å². The third kappa shape index (κ3) is 1.64. The molecule has 1 aromatic heterocycles. The molecule has 6 heteroatoms. The van der Waals surface area contributed by atoms with Gasteiger partial charge >= 0.3 is 11.9 Å². The summed E-state index contributed by atoms with van der Waals surface area (Å²) in [6, 6.07) is 7.70. The summed E-state index contributed by atoms with van der Waals surface area (Å²) in [6.07, 6.45) is 1.70. The Hall–Kier alpha value is -2.37. The molecule has 0 spiro atoms. The van der Waals surface area contributed by atoms with Crippen LogP contribution in [0.1, 0.15) is 0 Å². The molecule has 15 heavy (non-hydrogen) atoms. The molecule has 0 aliphatic carbocycles. The molecule has 1 aromatic carbocycles. The van der Waals surface area contributed by atoms with Gasteiger partial charge in [-0.3, -0.25) is 0 Å². The number of para-hydroxylation sites is 2. The molecule has 0 aliphatic rings. The molecule has 0 aliphatic heterocycles. The highest BCUT2D eigenvalue weighted by molar-refractivity contribution is 5.88. The third-order valence-electron chi connectivity index (χ3n) is 2.00. The number of imidazole rings is 1. The fraction of sp³-hybridized carbons (Fsp3) is 0. The van der Waals surface area contributed by atoms with Gasteiger partial charge in [0.1, 0.15) is 4.99 Å². The van der Waals surface area contributed by atoms with Crippen LogP contribution < -0.4 is 21.4 Å². The number of guanidine groups is 1. The second-order valence-electron chi connectivity index (χ2n) is 3.06. The number of hydrogen-bond donors (Lipinski definition) is 4. The zero-order valence-electron chi connectivity index (χ0n) is 8.01. The Labute approximate surface area is 85.7 Å². The number of aromatic nitrogens is 2. The van der Waals surface area contributed by atoms with Gasteiger partial charge in [-0.05, 0) is 12.1 Å². The van der Waals surface area contributed by atoms with Gasteiger partial charge in [0.05, 0.1) is 5.52 Å². The molecule has 0 bridgehead atoms. The number of fused-ring (bicyclic) bond motifs is 1. The largest absolute Gasteiger partial charge is 0.583 e. The van der Waals surface area contributed by atoms with E-state index in [2.05, 4.69) is 9.98 Å². The van der Waals surface area contributed by atoms with Crippen LogP contribution in [0.15, 0.2) is 35.6 Å². The molecule has 0 unspecified atom stereocenters. The lowest BCUT2D eigenvalue weighted by Gasteiger charge is -1.84. The molecule has 0 atom stereocenters. The molecule has 0 saturated heterocycles. The van der Waals surface area contributed by atoms with Crippen LogP contribution in [0.5, 0.6) is 0 Å². The van der Waals surface area contributed by atoms with Crippen LogP contribution in [-0.2, 0) is 0 Å². The molecule has 2 rings (SSSR count). The molecule has 6 nitrogen and oxygen atoms in total. The van der Waals surface area contributed by atoms with E-state index in [1.807, 2.05) is 24.3 Å². The molecule has 0 saturated carbocycles. The lowest BCUT2D eigenvalue weighted by molar-refractivity contribution is -0.556. The van der Waals surface area contributed by atoms with E-state index in [0.717, 1.165) is 11.0 Å². The number of rotatable bonds is 0. The summed E-state index contributed by atoms with van der Waals surface area (Å²) in [5.41, 5.74) is 12.4. The van der Waals surface area contributed by atoms with Crippen LogP contribution >= 0.6 is 0 Å². The van der Waals surface area contributed by atoms with Crippen molar-refractivity contribution in [1.29, 1.82) is 0 Å². The standard InChI is InChI=1S/C9H10N6/c10-8(11)14-9(12)15-5-13-6-3-1-2-4-7(6)15/h1-5H,(H5,10,11,12,14)/p+2. The Bertz CT molecular complexity index is 534. The van der Waals surface area contributed by atoms with Crippen LogP contribution in [0, 0.1) is 0 Å². The fourth-order valence-corrected chi connectivity index (χ4v) is 1.39. The van der Waals surface area contributed by atoms with Gasteiger partial charge in [-0.15, -0.1) is 4.57 Å². The van der Waals surface area contributed by atoms with Crippen molar-refractivity contribution in [3.63, 3.8) is 0 Å². The minimum Gasteiger partial charge on any atom is -0.341 e. The van der Waals surface area contributed by atoms with Crippen molar-refractivity contribution in [3.05, 3.63) is 30.6 Å². The highest BCUT2D eigenvalue weighted by Gasteiger charge is 2.21. The van der Waals surface area contributed by atoms with E-state index < -0.39 is 0 Å². The molecular formula is C9H12N6+2. The first-order chi connectivity index (χ1) is 7.18. The minimum atomic E-state index is -0.0646. The highest BCUT2D eigenvalue weighted by atomic mass is 15.2. The minimum absolute atomic E-state index is 0.0646. The number of hydrogen-bond acceptors (Lipinski definition) is 0. The number of benzene rings is 1. The van der Waals surface area contributed by atoms with Gasteiger partial charge in [0.25, 0.3) is 0 Å². The summed E-state index contributed by atoms with van der Waals surface area (Å²) in [4.78, 5) is 6.83. The topological polar surface area (TPSA) is 110 Å². The van der Waals surface area contributed by atoms with Crippen molar-refractivity contribution in [2.75, 3.05) is 0 Å². The predicted octanol–water partition coefficient (Wildman–Crippen LogP) is -2.31. The van der Waals surface area contributed by atoms with Crippen molar-refractivity contribution in [2.24, 2.45) is 16.5 Å². The zero-order valence-corrected chi connectivity index (χ0v) is 8.01. The summed E-state index contributed by atoms with van der Waals surface area (Å²) in [5, 5.41) is 5.72. The SMILES string of the molecule is NC(N)=NC(=[NH2+])[n+]1c[nH]c2ccccc21. The van der Waals surface area contributed by atoms with Crippen LogP contribution in [0.25, 0.3) is 11.0 Å². The second-order valence-corrected chi connectivity index (χ2v) is 3.06. The van der Waals surface area contributed by atoms with Crippen molar-refractivity contribution in [2.45, 2.75) is 0 Å². The number of aliphatic imine (C=N–C) groups is 1. The fourth-order valence-electron chi connectivity index (χ4n) is 1.39. The van der Waals surface area contributed by atoms with Gasteiger partial charge in [-0.1, -0.05) is 12.1 Å². The maximum atomic E-state index is 5.72. The maximum absolute atomic E-state index is 5.72. The molecule has 7 N–H and O–H groups in total. The van der Waals surface area contributed by atoms with Crippen LogP contribution in [-0.4, -0.2) is 16.9 Å². The van der Waals surface area contributed by atoms with Gasteiger partial charge in [-0.2, -0.15) is 0 Å². The van der Waals surface area contributed by atoms with E-state index in [0.29, 0.717) is 0 Å². The van der Waals surface area contributed by atoms with E-state index in [9.17, 15) is 0 Å². The summed E-state index contributed by atoms with van der Waals surface area (Å²) in [6.45, 7) is 0. The molecule has 76 valence electrons. The number of nitrogens with one attached hydrogen (secondary N) is 1. The van der Waals surface area contributed by atoms with Gasteiger partial charge in [0, 0.05) is 0 Å². The van der Waals surface area contributed by atoms with Crippen LogP contribution in [0.2, 0.25) is 0 Å². The average molecular weight is 204 g/mol. The quantitative estimate of drug-likeness (QED) is 0.220. The van der Waals surface area contributed by atoms with Gasteiger partial charge < -0.3 is 16.5 Å².